The van der Waals surface area contributed by atoms with Crippen LogP contribution in [0.3, 0.4) is 0 Å². The van der Waals surface area contributed by atoms with Gasteiger partial charge in [0.2, 0.25) is 6.79 Å². The summed E-state index contributed by atoms with van der Waals surface area (Å²) in [5.41, 5.74) is 2.93. The second-order valence-corrected chi connectivity index (χ2v) is 4.81. The fourth-order valence-electron chi connectivity index (χ4n) is 2.03. The topological polar surface area (TPSA) is 44.8 Å². The Morgan fingerprint density at radius 3 is 2.75 bits per heavy atom. The number of fused-ring (bicyclic) bond motifs is 1. The highest BCUT2D eigenvalue weighted by molar-refractivity contribution is 5.88. The van der Waals surface area contributed by atoms with Crippen LogP contribution >= 0.6 is 0 Å². The van der Waals surface area contributed by atoms with E-state index >= 15 is 0 Å². The molecule has 0 fully saturated rings. The number of benzene rings is 1. The van der Waals surface area contributed by atoms with Gasteiger partial charge in [-0.05, 0) is 51.3 Å². The zero-order valence-electron chi connectivity index (χ0n) is 12.2. The van der Waals surface area contributed by atoms with E-state index in [2.05, 4.69) is 0 Å². The van der Waals surface area contributed by atoms with E-state index in [1.54, 1.807) is 0 Å². The molecule has 0 saturated heterocycles. The van der Waals surface area contributed by atoms with Crippen LogP contribution in [0.15, 0.2) is 29.3 Å². The molecule has 0 atom stereocenters. The van der Waals surface area contributed by atoms with Crippen molar-refractivity contribution in [3.05, 3.63) is 34.9 Å². The number of aryl methyl sites for hydroxylation is 1. The van der Waals surface area contributed by atoms with Gasteiger partial charge >= 0.3 is 5.97 Å². The molecule has 2 rings (SSSR count). The lowest BCUT2D eigenvalue weighted by Crippen LogP contribution is -2.07. The van der Waals surface area contributed by atoms with Gasteiger partial charge in [-0.25, -0.2) is 4.79 Å². The molecule has 4 heteroatoms. The number of hydrogen-bond donors (Lipinski definition) is 0. The maximum absolute atomic E-state index is 11.6. The van der Waals surface area contributed by atoms with Crippen LogP contribution in [0.4, 0.5) is 0 Å². The predicted molar refractivity (Wildman–Crippen MR) is 75.9 cm³/mol. The van der Waals surface area contributed by atoms with Gasteiger partial charge in [0, 0.05) is 5.57 Å². The Labute approximate surface area is 119 Å². The van der Waals surface area contributed by atoms with Crippen molar-refractivity contribution in [2.24, 2.45) is 0 Å². The van der Waals surface area contributed by atoms with Gasteiger partial charge in [0.05, 0.1) is 6.61 Å². The molecule has 0 aromatic heterocycles. The van der Waals surface area contributed by atoms with Crippen molar-refractivity contribution in [3.8, 4) is 11.5 Å². The molecule has 0 spiro atoms. The molecule has 4 nitrogen and oxygen atoms in total. The highest BCUT2D eigenvalue weighted by atomic mass is 16.7. The summed E-state index contributed by atoms with van der Waals surface area (Å²) in [6, 6.07) is 5.95. The number of carbonyl (C=O) groups is 1. The molecule has 1 aliphatic heterocycles. The summed E-state index contributed by atoms with van der Waals surface area (Å²) >= 11 is 0. The number of ether oxygens (including phenoxy) is 3. The minimum atomic E-state index is -0.226. The van der Waals surface area contributed by atoms with Crippen LogP contribution in [0.2, 0.25) is 0 Å². The van der Waals surface area contributed by atoms with Gasteiger partial charge in [-0.1, -0.05) is 11.6 Å². The third kappa shape index (κ3) is 3.32. The van der Waals surface area contributed by atoms with E-state index in [-0.39, 0.29) is 5.97 Å². The fourth-order valence-corrected chi connectivity index (χ4v) is 2.03. The minimum Gasteiger partial charge on any atom is -0.463 e. The second kappa shape index (κ2) is 6.46. The minimum absolute atomic E-state index is 0.226. The lowest BCUT2D eigenvalue weighted by molar-refractivity contribution is -0.138. The highest BCUT2D eigenvalue weighted by Gasteiger charge is 2.13. The largest absolute Gasteiger partial charge is 0.463 e. The van der Waals surface area contributed by atoms with E-state index in [1.165, 1.54) is 5.56 Å². The van der Waals surface area contributed by atoms with Crippen molar-refractivity contribution in [2.45, 2.75) is 33.6 Å². The van der Waals surface area contributed by atoms with Crippen LogP contribution in [0.5, 0.6) is 11.5 Å². The van der Waals surface area contributed by atoms with Gasteiger partial charge in [-0.15, -0.1) is 0 Å². The number of hydrogen-bond acceptors (Lipinski definition) is 4. The molecule has 0 amide bonds. The summed E-state index contributed by atoms with van der Waals surface area (Å²) in [5.74, 6) is 1.37. The van der Waals surface area contributed by atoms with E-state index in [1.807, 2.05) is 39.0 Å². The van der Waals surface area contributed by atoms with Crippen molar-refractivity contribution < 1.29 is 19.0 Å². The van der Waals surface area contributed by atoms with Crippen LogP contribution in [0, 0.1) is 0 Å². The van der Waals surface area contributed by atoms with E-state index < -0.39 is 0 Å². The first-order valence-corrected chi connectivity index (χ1v) is 6.83. The van der Waals surface area contributed by atoms with Crippen molar-refractivity contribution in [2.75, 3.05) is 13.4 Å². The third-order valence-electron chi connectivity index (χ3n) is 3.45. The van der Waals surface area contributed by atoms with Crippen molar-refractivity contribution in [1.82, 2.24) is 0 Å². The van der Waals surface area contributed by atoms with Crippen LogP contribution in [-0.4, -0.2) is 19.4 Å². The molecule has 1 aromatic carbocycles. The fraction of sp³-hybridized carbons (Fsp3) is 0.438. The Bertz CT molecular complexity index is 531. The molecule has 1 aliphatic rings. The van der Waals surface area contributed by atoms with Gasteiger partial charge in [0.25, 0.3) is 0 Å². The van der Waals surface area contributed by atoms with Crippen molar-refractivity contribution >= 4 is 5.97 Å². The molecule has 1 aromatic rings. The smallest absolute Gasteiger partial charge is 0.333 e. The average Bonchev–Trinajstić information content (AvgIpc) is 2.91. The Balaban J connectivity index is 1.98. The molecular formula is C16H20O4. The average molecular weight is 276 g/mol. The molecule has 0 bridgehead atoms. The van der Waals surface area contributed by atoms with Crippen LogP contribution in [-0.2, 0) is 16.0 Å². The Hall–Kier alpha value is -1.97. The first kappa shape index (κ1) is 14.4. The van der Waals surface area contributed by atoms with Gasteiger partial charge in [-0.2, -0.15) is 0 Å². The summed E-state index contributed by atoms with van der Waals surface area (Å²) in [6.45, 7) is 6.30. The first-order valence-electron chi connectivity index (χ1n) is 6.83. The SMILES string of the molecule is CCOC(=O)/C(C)=C(/C)CCc1ccc2c(c1)OCO2. The first-order chi connectivity index (χ1) is 9.61. The van der Waals surface area contributed by atoms with Crippen LogP contribution in [0.1, 0.15) is 32.8 Å². The van der Waals surface area contributed by atoms with Crippen molar-refractivity contribution in [3.63, 3.8) is 0 Å². The normalized spacial score (nSPS) is 13.9. The number of esters is 1. The van der Waals surface area contributed by atoms with Crippen LogP contribution < -0.4 is 9.47 Å². The third-order valence-corrected chi connectivity index (χ3v) is 3.45. The lowest BCUT2D eigenvalue weighted by Gasteiger charge is -2.08. The summed E-state index contributed by atoms with van der Waals surface area (Å²) in [7, 11) is 0. The number of carbonyl (C=O) groups excluding carboxylic acids is 1. The maximum Gasteiger partial charge on any atom is 0.333 e. The molecule has 108 valence electrons. The van der Waals surface area contributed by atoms with Gasteiger partial charge in [-0.3, -0.25) is 0 Å². The number of rotatable bonds is 5. The highest BCUT2D eigenvalue weighted by Crippen LogP contribution is 2.33. The Morgan fingerprint density at radius 2 is 2.00 bits per heavy atom. The van der Waals surface area contributed by atoms with Gasteiger partial charge in [0.15, 0.2) is 11.5 Å². The molecule has 0 saturated carbocycles. The zero-order chi connectivity index (χ0) is 14.5. The Kier molecular flexibility index (Phi) is 4.66. The van der Waals surface area contributed by atoms with E-state index in [4.69, 9.17) is 14.2 Å². The second-order valence-electron chi connectivity index (χ2n) is 4.81. The molecule has 20 heavy (non-hydrogen) atoms. The maximum atomic E-state index is 11.6. The zero-order valence-corrected chi connectivity index (χ0v) is 12.2. The summed E-state index contributed by atoms with van der Waals surface area (Å²) in [6.07, 6.45) is 1.68. The van der Waals surface area contributed by atoms with E-state index in [0.29, 0.717) is 19.0 Å². The van der Waals surface area contributed by atoms with E-state index in [0.717, 1.165) is 29.9 Å². The van der Waals surface area contributed by atoms with Crippen LogP contribution in [0.25, 0.3) is 0 Å². The quantitative estimate of drug-likeness (QED) is 0.611. The molecule has 0 radical (unpaired) electrons. The molecule has 0 aliphatic carbocycles. The molecular weight excluding hydrogens is 256 g/mol. The monoisotopic (exact) mass is 276 g/mol. The predicted octanol–water partition coefficient (Wildman–Crippen LogP) is 3.25. The standard InChI is InChI=1S/C16H20O4/c1-4-18-16(17)12(3)11(2)5-6-13-7-8-14-15(9-13)20-10-19-14/h7-9H,4-6,10H2,1-3H3/b12-11-. The van der Waals surface area contributed by atoms with E-state index in [9.17, 15) is 4.79 Å². The molecule has 0 N–H and O–H groups in total. The molecule has 0 unspecified atom stereocenters. The number of allylic oxidation sites excluding steroid dienone is 1. The molecule has 1 heterocycles. The summed E-state index contributed by atoms with van der Waals surface area (Å²) in [5, 5.41) is 0. The Morgan fingerprint density at radius 1 is 1.25 bits per heavy atom. The van der Waals surface area contributed by atoms with Gasteiger partial charge in [0.1, 0.15) is 0 Å². The summed E-state index contributed by atoms with van der Waals surface area (Å²) < 4.78 is 15.6. The van der Waals surface area contributed by atoms with Crippen molar-refractivity contribution in [1.29, 1.82) is 0 Å². The summed E-state index contributed by atoms with van der Waals surface area (Å²) in [4.78, 5) is 11.6. The lowest BCUT2D eigenvalue weighted by atomic mass is 10.0. The van der Waals surface area contributed by atoms with Gasteiger partial charge < -0.3 is 14.2 Å².